The number of hydrogen-bond acceptors (Lipinski definition) is 3. The standard InChI is InChI=1S/C21H17N3O/c1-12-7-8-16-18(17(12)21-22-9-10-25-21)15-6-4-5-13(2)19(15)24-11-14(3)23-20(16)24/h4-11H,1-3H3. The Hall–Kier alpha value is -3.14. The molecule has 3 aromatic heterocycles. The Morgan fingerprint density at radius 1 is 0.960 bits per heavy atom. The lowest BCUT2D eigenvalue weighted by atomic mass is 9.95. The Labute approximate surface area is 144 Å². The lowest BCUT2D eigenvalue weighted by Crippen LogP contribution is -1.96. The SMILES string of the molecule is Cc1cn2c(n1)c1ccc(C)c(-c3ncco3)c1c1cccc(C)c12. The van der Waals surface area contributed by atoms with Crippen LogP contribution in [0.3, 0.4) is 0 Å². The van der Waals surface area contributed by atoms with Gasteiger partial charge in [0.1, 0.15) is 11.9 Å². The monoisotopic (exact) mass is 327 g/mol. The molecule has 2 aromatic carbocycles. The second-order valence-corrected chi connectivity index (χ2v) is 6.56. The Morgan fingerprint density at radius 2 is 1.84 bits per heavy atom. The first kappa shape index (κ1) is 14.2. The second kappa shape index (κ2) is 4.93. The average Bonchev–Trinajstić information content (AvgIpc) is 3.24. The maximum Gasteiger partial charge on any atom is 0.226 e. The minimum atomic E-state index is 0.651. The van der Waals surface area contributed by atoms with Crippen molar-refractivity contribution in [2.75, 3.05) is 0 Å². The Balaban J connectivity index is 2.16. The van der Waals surface area contributed by atoms with E-state index in [9.17, 15) is 0 Å². The lowest BCUT2D eigenvalue weighted by molar-refractivity contribution is 0.575. The summed E-state index contributed by atoms with van der Waals surface area (Å²) in [5.41, 5.74) is 6.58. The summed E-state index contributed by atoms with van der Waals surface area (Å²) in [4.78, 5) is 9.21. The summed E-state index contributed by atoms with van der Waals surface area (Å²) in [6, 6.07) is 10.7. The maximum atomic E-state index is 5.67. The molecule has 0 spiro atoms. The summed E-state index contributed by atoms with van der Waals surface area (Å²) >= 11 is 0. The van der Waals surface area contributed by atoms with E-state index in [4.69, 9.17) is 9.40 Å². The van der Waals surface area contributed by atoms with Crippen LogP contribution in [0.1, 0.15) is 16.8 Å². The van der Waals surface area contributed by atoms with Crippen LogP contribution in [0.25, 0.3) is 38.8 Å². The number of oxazole rings is 1. The van der Waals surface area contributed by atoms with E-state index >= 15 is 0 Å². The predicted octanol–water partition coefficient (Wildman–Crippen LogP) is 5.22. The van der Waals surface area contributed by atoms with Crippen LogP contribution >= 0.6 is 0 Å². The van der Waals surface area contributed by atoms with Gasteiger partial charge in [-0.25, -0.2) is 9.97 Å². The van der Waals surface area contributed by atoms with Crippen molar-refractivity contribution in [2.24, 2.45) is 0 Å². The summed E-state index contributed by atoms with van der Waals surface area (Å²) in [6.45, 7) is 6.28. The van der Waals surface area contributed by atoms with Crippen molar-refractivity contribution < 1.29 is 4.42 Å². The van der Waals surface area contributed by atoms with E-state index in [1.54, 1.807) is 12.5 Å². The highest BCUT2D eigenvalue weighted by molar-refractivity contribution is 6.18. The van der Waals surface area contributed by atoms with Crippen molar-refractivity contribution in [1.29, 1.82) is 0 Å². The number of hydrogen-bond donors (Lipinski definition) is 0. The van der Waals surface area contributed by atoms with Gasteiger partial charge >= 0.3 is 0 Å². The molecule has 0 atom stereocenters. The first-order chi connectivity index (χ1) is 12.1. The van der Waals surface area contributed by atoms with Crippen LogP contribution in [0.15, 0.2) is 53.4 Å². The Bertz CT molecular complexity index is 1260. The molecular formula is C21H17N3O. The molecule has 0 unspecified atom stereocenters. The number of para-hydroxylation sites is 1. The number of rotatable bonds is 1. The fourth-order valence-electron chi connectivity index (χ4n) is 3.83. The van der Waals surface area contributed by atoms with E-state index in [0.717, 1.165) is 33.2 Å². The molecule has 0 amide bonds. The van der Waals surface area contributed by atoms with E-state index < -0.39 is 0 Å². The van der Waals surface area contributed by atoms with Crippen molar-refractivity contribution >= 4 is 27.3 Å². The zero-order valence-electron chi connectivity index (χ0n) is 14.4. The fraction of sp³-hybridized carbons (Fsp3) is 0.143. The number of pyridine rings is 1. The highest BCUT2D eigenvalue weighted by Gasteiger charge is 2.18. The Morgan fingerprint density at radius 3 is 2.64 bits per heavy atom. The van der Waals surface area contributed by atoms with Crippen molar-refractivity contribution in [1.82, 2.24) is 14.4 Å². The minimum absolute atomic E-state index is 0.651. The van der Waals surface area contributed by atoms with Gasteiger partial charge in [0.05, 0.1) is 17.4 Å². The second-order valence-electron chi connectivity index (χ2n) is 6.56. The van der Waals surface area contributed by atoms with Crippen LogP contribution in [-0.2, 0) is 0 Å². The Kier molecular flexibility index (Phi) is 2.80. The fourth-order valence-corrected chi connectivity index (χ4v) is 3.83. The summed E-state index contributed by atoms with van der Waals surface area (Å²) in [5, 5.41) is 3.46. The van der Waals surface area contributed by atoms with E-state index in [1.807, 2.05) is 6.92 Å². The molecule has 0 aliphatic rings. The molecule has 4 heteroatoms. The van der Waals surface area contributed by atoms with Gasteiger partial charge in [0.25, 0.3) is 0 Å². The molecule has 0 aliphatic carbocycles. The van der Waals surface area contributed by atoms with Gasteiger partial charge < -0.3 is 4.42 Å². The molecule has 0 radical (unpaired) electrons. The smallest absolute Gasteiger partial charge is 0.226 e. The number of aryl methyl sites for hydroxylation is 3. The van der Waals surface area contributed by atoms with Crippen LogP contribution in [0.4, 0.5) is 0 Å². The third kappa shape index (κ3) is 1.88. The van der Waals surface area contributed by atoms with Crippen LogP contribution in [0.5, 0.6) is 0 Å². The highest BCUT2D eigenvalue weighted by atomic mass is 16.3. The quantitative estimate of drug-likeness (QED) is 0.396. The summed E-state index contributed by atoms with van der Waals surface area (Å²) in [6.07, 6.45) is 5.42. The molecule has 0 aliphatic heterocycles. The van der Waals surface area contributed by atoms with Gasteiger partial charge in [-0.15, -0.1) is 0 Å². The van der Waals surface area contributed by atoms with Gasteiger partial charge in [-0.05, 0) is 31.9 Å². The molecule has 0 saturated heterocycles. The zero-order chi connectivity index (χ0) is 17.1. The van der Waals surface area contributed by atoms with Crippen LogP contribution in [0, 0.1) is 20.8 Å². The normalized spacial score (nSPS) is 11.8. The molecule has 3 heterocycles. The number of fused-ring (bicyclic) bond motifs is 6. The first-order valence-electron chi connectivity index (χ1n) is 8.35. The molecule has 122 valence electrons. The molecule has 25 heavy (non-hydrogen) atoms. The average molecular weight is 327 g/mol. The molecule has 5 aromatic rings. The van der Waals surface area contributed by atoms with E-state index in [-0.39, 0.29) is 0 Å². The number of aromatic nitrogens is 3. The van der Waals surface area contributed by atoms with Crippen molar-refractivity contribution in [3.8, 4) is 11.5 Å². The minimum Gasteiger partial charge on any atom is -0.444 e. The third-order valence-electron chi connectivity index (χ3n) is 4.88. The van der Waals surface area contributed by atoms with Gasteiger partial charge in [0, 0.05) is 27.9 Å². The molecule has 0 N–H and O–H groups in total. The highest BCUT2D eigenvalue weighted by Crippen LogP contribution is 2.38. The number of nitrogens with zero attached hydrogens (tertiary/aromatic N) is 3. The van der Waals surface area contributed by atoms with E-state index in [0.29, 0.717) is 5.89 Å². The topological polar surface area (TPSA) is 43.3 Å². The molecule has 0 fully saturated rings. The van der Waals surface area contributed by atoms with Gasteiger partial charge in [0.15, 0.2) is 0 Å². The van der Waals surface area contributed by atoms with Crippen molar-refractivity contribution in [3.05, 3.63) is 65.8 Å². The van der Waals surface area contributed by atoms with E-state index in [2.05, 4.69) is 59.8 Å². The number of imidazole rings is 1. The van der Waals surface area contributed by atoms with Crippen molar-refractivity contribution in [3.63, 3.8) is 0 Å². The van der Waals surface area contributed by atoms with Gasteiger partial charge in [-0.3, -0.25) is 4.40 Å². The molecule has 4 nitrogen and oxygen atoms in total. The van der Waals surface area contributed by atoms with Crippen LogP contribution < -0.4 is 0 Å². The number of benzene rings is 2. The summed E-state index contributed by atoms with van der Waals surface area (Å²) in [5.74, 6) is 0.651. The molecule has 0 saturated carbocycles. The lowest BCUT2D eigenvalue weighted by Gasteiger charge is -2.14. The van der Waals surface area contributed by atoms with Gasteiger partial charge in [-0.1, -0.05) is 30.3 Å². The zero-order valence-corrected chi connectivity index (χ0v) is 14.4. The summed E-state index contributed by atoms with van der Waals surface area (Å²) < 4.78 is 7.87. The molecule has 0 bridgehead atoms. The van der Waals surface area contributed by atoms with Crippen LogP contribution in [0.2, 0.25) is 0 Å². The molecular weight excluding hydrogens is 310 g/mol. The van der Waals surface area contributed by atoms with Gasteiger partial charge in [0.2, 0.25) is 5.89 Å². The van der Waals surface area contributed by atoms with Crippen molar-refractivity contribution in [2.45, 2.75) is 20.8 Å². The van der Waals surface area contributed by atoms with Crippen LogP contribution in [-0.4, -0.2) is 14.4 Å². The molecule has 5 rings (SSSR count). The first-order valence-corrected chi connectivity index (χ1v) is 8.35. The summed E-state index contributed by atoms with van der Waals surface area (Å²) in [7, 11) is 0. The van der Waals surface area contributed by atoms with E-state index in [1.165, 1.54) is 16.5 Å². The maximum absolute atomic E-state index is 5.67. The van der Waals surface area contributed by atoms with Gasteiger partial charge in [-0.2, -0.15) is 0 Å². The third-order valence-corrected chi connectivity index (χ3v) is 4.88. The predicted molar refractivity (Wildman–Crippen MR) is 99.9 cm³/mol. The largest absolute Gasteiger partial charge is 0.444 e.